The van der Waals surface area contributed by atoms with Gasteiger partial charge in [-0.3, -0.25) is 4.98 Å². The SMILES string of the molecule is CCCN1CCC(NC(=O)N(C)[C@@H](C)c2cccnc2)CC1. The number of nitrogens with zero attached hydrogens (tertiary/aromatic N) is 3. The highest BCUT2D eigenvalue weighted by atomic mass is 16.2. The first-order valence-electron chi connectivity index (χ1n) is 8.27. The molecule has 0 radical (unpaired) electrons. The molecule has 2 rings (SSSR count). The minimum Gasteiger partial charge on any atom is -0.335 e. The molecule has 5 heteroatoms. The molecule has 5 nitrogen and oxygen atoms in total. The number of carbonyl (C=O) groups excluding carboxylic acids is 1. The molecule has 22 heavy (non-hydrogen) atoms. The highest BCUT2D eigenvalue weighted by Crippen LogP contribution is 2.18. The molecule has 0 spiro atoms. The fourth-order valence-electron chi connectivity index (χ4n) is 2.92. The van der Waals surface area contributed by atoms with Gasteiger partial charge in [0, 0.05) is 38.6 Å². The molecule has 2 heterocycles. The van der Waals surface area contributed by atoms with Crippen molar-refractivity contribution in [2.24, 2.45) is 0 Å². The Morgan fingerprint density at radius 1 is 1.50 bits per heavy atom. The van der Waals surface area contributed by atoms with Crippen molar-refractivity contribution in [1.29, 1.82) is 0 Å². The highest BCUT2D eigenvalue weighted by molar-refractivity contribution is 5.74. The average molecular weight is 304 g/mol. The van der Waals surface area contributed by atoms with Gasteiger partial charge >= 0.3 is 6.03 Å². The van der Waals surface area contributed by atoms with E-state index < -0.39 is 0 Å². The predicted molar refractivity (Wildman–Crippen MR) is 88.7 cm³/mol. The van der Waals surface area contributed by atoms with E-state index in [4.69, 9.17) is 0 Å². The Hall–Kier alpha value is -1.62. The van der Waals surface area contributed by atoms with Gasteiger partial charge in [0.2, 0.25) is 0 Å². The van der Waals surface area contributed by atoms with Crippen LogP contribution in [0.1, 0.15) is 44.7 Å². The number of likely N-dealkylation sites (tertiary alicyclic amines) is 1. The van der Waals surface area contributed by atoms with E-state index in [-0.39, 0.29) is 12.1 Å². The van der Waals surface area contributed by atoms with Crippen LogP contribution in [0.5, 0.6) is 0 Å². The fourth-order valence-corrected chi connectivity index (χ4v) is 2.92. The third-order valence-corrected chi connectivity index (χ3v) is 4.52. The van der Waals surface area contributed by atoms with Crippen molar-refractivity contribution < 1.29 is 4.79 Å². The summed E-state index contributed by atoms with van der Waals surface area (Å²) in [6, 6.07) is 4.23. The summed E-state index contributed by atoms with van der Waals surface area (Å²) in [6.45, 7) is 7.57. The van der Waals surface area contributed by atoms with Gasteiger partial charge in [0.05, 0.1) is 6.04 Å². The smallest absolute Gasteiger partial charge is 0.317 e. The Bertz CT molecular complexity index is 457. The van der Waals surface area contributed by atoms with Crippen molar-refractivity contribution in [2.45, 2.75) is 45.2 Å². The minimum atomic E-state index is 0.00490. The van der Waals surface area contributed by atoms with Crippen LogP contribution in [0.15, 0.2) is 24.5 Å². The van der Waals surface area contributed by atoms with Crippen LogP contribution in [0.3, 0.4) is 0 Å². The van der Waals surface area contributed by atoms with Gasteiger partial charge in [-0.15, -0.1) is 0 Å². The van der Waals surface area contributed by atoms with E-state index in [0.29, 0.717) is 6.04 Å². The van der Waals surface area contributed by atoms with Gasteiger partial charge in [-0.25, -0.2) is 4.79 Å². The number of carbonyl (C=O) groups is 1. The van der Waals surface area contributed by atoms with Crippen LogP contribution in [0.4, 0.5) is 4.79 Å². The van der Waals surface area contributed by atoms with Gasteiger partial charge in [-0.05, 0) is 44.4 Å². The lowest BCUT2D eigenvalue weighted by molar-refractivity contribution is 0.170. The van der Waals surface area contributed by atoms with Gasteiger partial charge in [-0.2, -0.15) is 0 Å². The van der Waals surface area contributed by atoms with Crippen LogP contribution in [0, 0.1) is 0 Å². The highest BCUT2D eigenvalue weighted by Gasteiger charge is 2.23. The summed E-state index contributed by atoms with van der Waals surface area (Å²) in [7, 11) is 1.85. The maximum atomic E-state index is 12.4. The Kier molecular flexibility index (Phi) is 6.19. The molecule has 0 saturated carbocycles. The van der Waals surface area contributed by atoms with Crippen molar-refractivity contribution in [3.05, 3.63) is 30.1 Å². The summed E-state index contributed by atoms with van der Waals surface area (Å²) in [5.41, 5.74) is 1.05. The lowest BCUT2D eigenvalue weighted by Crippen LogP contribution is -2.48. The summed E-state index contributed by atoms with van der Waals surface area (Å²) in [4.78, 5) is 20.8. The number of nitrogens with one attached hydrogen (secondary N) is 1. The Morgan fingerprint density at radius 3 is 2.82 bits per heavy atom. The summed E-state index contributed by atoms with van der Waals surface area (Å²) in [6.07, 6.45) is 6.85. The second-order valence-electron chi connectivity index (χ2n) is 6.14. The summed E-state index contributed by atoms with van der Waals surface area (Å²) < 4.78 is 0. The quantitative estimate of drug-likeness (QED) is 0.910. The first-order chi connectivity index (χ1) is 10.6. The molecule has 1 aromatic rings. The molecular weight excluding hydrogens is 276 g/mol. The molecule has 0 aliphatic carbocycles. The molecule has 1 saturated heterocycles. The van der Waals surface area contributed by atoms with Gasteiger partial charge in [-0.1, -0.05) is 13.0 Å². The monoisotopic (exact) mass is 304 g/mol. The topological polar surface area (TPSA) is 48.5 Å². The van der Waals surface area contributed by atoms with E-state index >= 15 is 0 Å². The molecule has 1 aromatic heterocycles. The van der Waals surface area contributed by atoms with Crippen molar-refractivity contribution >= 4 is 6.03 Å². The van der Waals surface area contributed by atoms with E-state index in [9.17, 15) is 4.79 Å². The van der Waals surface area contributed by atoms with E-state index in [2.05, 4.69) is 22.1 Å². The Balaban J connectivity index is 1.82. The summed E-state index contributed by atoms with van der Waals surface area (Å²) in [5, 5.41) is 3.17. The van der Waals surface area contributed by atoms with Crippen LogP contribution in [0.2, 0.25) is 0 Å². The number of aromatic nitrogens is 1. The van der Waals surface area contributed by atoms with Crippen LogP contribution in [-0.4, -0.2) is 53.5 Å². The van der Waals surface area contributed by atoms with Gasteiger partial charge in [0.1, 0.15) is 0 Å². The predicted octanol–water partition coefficient (Wildman–Crippen LogP) is 2.66. The Morgan fingerprint density at radius 2 is 2.23 bits per heavy atom. The molecule has 1 fully saturated rings. The molecule has 1 N–H and O–H groups in total. The van der Waals surface area contributed by atoms with E-state index in [1.165, 1.54) is 13.0 Å². The number of urea groups is 1. The number of piperidine rings is 1. The lowest BCUT2D eigenvalue weighted by Gasteiger charge is -2.34. The maximum absolute atomic E-state index is 12.4. The van der Waals surface area contributed by atoms with Crippen molar-refractivity contribution in [3.8, 4) is 0 Å². The minimum absolute atomic E-state index is 0.00490. The lowest BCUT2D eigenvalue weighted by atomic mass is 10.0. The molecular formula is C17H28N4O. The molecule has 2 amide bonds. The van der Waals surface area contributed by atoms with E-state index in [0.717, 1.165) is 31.5 Å². The molecule has 1 aliphatic rings. The number of amides is 2. The number of hydrogen-bond donors (Lipinski definition) is 1. The molecule has 1 aliphatic heterocycles. The molecule has 0 bridgehead atoms. The van der Waals surface area contributed by atoms with Gasteiger partial charge < -0.3 is 15.1 Å². The average Bonchev–Trinajstić information content (AvgIpc) is 2.56. The van der Waals surface area contributed by atoms with E-state index in [1.54, 1.807) is 11.1 Å². The van der Waals surface area contributed by atoms with Crippen molar-refractivity contribution in [2.75, 3.05) is 26.7 Å². The zero-order valence-corrected chi connectivity index (χ0v) is 14.0. The number of rotatable bonds is 5. The zero-order valence-electron chi connectivity index (χ0n) is 14.0. The number of pyridine rings is 1. The van der Waals surface area contributed by atoms with Gasteiger partial charge in [0.25, 0.3) is 0 Å². The third-order valence-electron chi connectivity index (χ3n) is 4.52. The second-order valence-corrected chi connectivity index (χ2v) is 6.14. The third kappa shape index (κ3) is 4.44. The van der Waals surface area contributed by atoms with E-state index in [1.807, 2.05) is 32.3 Å². The van der Waals surface area contributed by atoms with Crippen LogP contribution < -0.4 is 5.32 Å². The van der Waals surface area contributed by atoms with Crippen LogP contribution in [0.25, 0.3) is 0 Å². The molecule has 0 aromatic carbocycles. The van der Waals surface area contributed by atoms with Gasteiger partial charge in [0.15, 0.2) is 0 Å². The van der Waals surface area contributed by atoms with Crippen molar-refractivity contribution in [3.63, 3.8) is 0 Å². The molecule has 1 atom stereocenters. The molecule has 122 valence electrons. The molecule has 0 unspecified atom stereocenters. The number of hydrogen-bond acceptors (Lipinski definition) is 3. The van der Waals surface area contributed by atoms with Crippen LogP contribution >= 0.6 is 0 Å². The normalized spacial score (nSPS) is 18.0. The second kappa shape index (κ2) is 8.13. The maximum Gasteiger partial charge on any atom is 0.317 e. The first-order valence-corrected chi connectivity index (χ1v) is 8.27. The van der Waals surface area contributed by atoms with Crippen molar-refractivity contribution in [1.82, 2.24) is 20.1 Å². The largest absolute Gasteiger partial charge is 0.335 e. The van der Waals surface area contributed by atoms with Crippen LogP contribution in [-0.2, 0) is 0 Å². The fraction of sp³-hybridized carbons (Fsp3) is 0.647. The Labute approximate surface area is 133 Å². The first kappa shape index (κ1) is 16.7. The standard InChI is InChI=1S/C17H28N4O/c1-4-10-21-11-7-16(8-12-21)19-17(22)20(3)14(2)15-6-5-9-18-13-15/h5-6,9,13-14,16H,4,7-8,10-12H2,1-3H3,(H,19,22)/t14-/m0/s1. The summed E-state index contributed by atoms with van der Waals surface area (Å²) >= 11 is 0. The summed E-state index contributed by atoms with van der Waals surface area (Å²) in [5.74, 6) is 0. The zero-order chi connectivity index (χ0) is 15.9.